The topological polar surface area (TPSA) is 76.7 Å². The summed E-state index contributed by atoms with van der Waals surface area (Å²) in [6.45, 7) is 5.05. The van der Waals surface area contributed by atoms with Crippen molar-refractivity contribution in [2.75, 3.05) is 6.54 Å². The monoisotopic (exact) mass is 279 g/mol. The van der Waals surface area contributed by atoms with Gasteiger partial charge in [-0.2, -0.15) is 0 Å². The van der Waals surface area contributed by atoms with Crippen molar-refractivity contribution in [1.82, 2.24) is 25.1 Å². The first-order valence-corrected chi connectivity index (χ1v) is 7.39. The molecule has 1 saturated carbocycles. The maximum absolute atomic E-state index is 5.69. The predicted octanol–water partition coefficient (Wildman–Crippen LogP) is 2.01. The Labute approximate surface area is 115 Å². The van der Waals surface area contributed by atoms with Crippen molar-refractivity contribution in [3.05, 3.63) is 11.6 Å². The van der Waals surface area contributed by atoms with Crippen molar-refractivity contribution in [2.45, 2.75) is 45.1 Å². The molecule has 1 aliphatic carbocycles. The lowest BCUT2D eigenvalue weighted by Crippen LogP contribution is -2.19. The van der Waals surface area contributed by atoms with E-state index < -0.39 is 0 Å². The zero-order chi connectivity index (χ0) is 13.2. The summed E-state index contributed by atoms with van der Waals surface area (Å²) in [6, 6.07) is 0.709. The summed E-state index contributed by atoms with van der Waals surface area (Å²) in [5.74, 6) is 1.52. The first-order chi connectivity index (χ1) is 9.24. The van der Waals surface area contributed by atoms with Gasteiger partial charge in [0.15, 0.2) is 0 Å². The molecule has 0 bridgehead atoms. The van der Waals surface area contributed by atoms with Gasteiger partial charge in [-0.25, -0.2) is 0 Å². The van der Waals surface area contributed by atoms with E-state index in [0.29, 0.717) is 23.7 Å². The van der Waals surface area contributed by atoms with E-state index in [9.17, 15) is 0 Å². The Balaban J connectivity index is 1.67. The summed E-state index contributed by atoms with van der Waals surface area (Å²) in [6.07, 6.45) is 3.35. The molecule has 0 unspecified atom stereocenters. The van der Waals surface area contributed by atoms with E-state index in [-0.39, 0.29) is 0 Å². The summed E-state index contributed by atoms with van der Waals surface area (Å²) in [5.41, 5.74) is 0.927. The highest BCUT2D eigenvalue weighted by atomic mass is 32.1. The van der Waals surface area contributed by atoms with Crippen LogP contribution in [0.5, 0.6) is 0 Å². The van der Waals surface area contributed by atoms with E-state index in [0.717, 1.165) is 23.5 Å². The second-order valence-corrected chi connectivity index (χ2v) is 5.88. The molecule has 102 valence electrons. The summed E-state index contributed by atoms with van der Waals surface area (Å²) < 4.78 is 9.66. The average Bonchev–Trinajstić information content (AvgIpc) is 2.92. The Morgan fingerprint density at radius 2 is 2.16 bits per heavy atom. The van der Waals surface area contributed by atoms with Crippen LogP contribution in [0.25, 0.3) is 10.8 Å². The summed E-state index contributed by atoms with van der Waals surface area (Å²) in [5, 5.41) is 15.7. The second-order valence-electron chi connectivity index (χ2n) is 5.12. The van der Waals surface area contributed by atoms with Crippen molar-refractivity contribution < 1.29 is 4.42 Å². The van der Waals surface area contributed by atoms with Crippen LogP contribution in [-0.2, 0) is 6.42 Å². The number of rotatable bonds is 6. The average molecular weight is 279 g/mol. The van der Waals surface area contributed by atoms with Crippen LogP contribution >= 0.6 is 11.5 Å². The van der Waals surface area contributed by atoms with E-state index in [1.807, 2.05) is 0 Å². The van der Waals surface area contributed by atoms with Gasteiger partial charge in [-0.1, -0.05) is 18.3 Å². The molecule has 1 fully saturated rings. The molecule has 6 nitrogen and oxygen atoms in total. The van der Waals surface area contributed by atoms with E-state index in [1.165, 1.54) is 24.4 Å². The van der Waals surface area contributed by atoms with Crippen LogP contribution in [0.3, 0.4) is 0 Å². The third-order valence-electron chi connectivity index (χ3n) is 3.07. The molecule has 0 atom stereocenters. The standard InChI is InChI=1S/C12H17N5OS/c1-7(2)10-11(19-17-15-10)12-16-14-9(18-12)5-6-13-8-3-4-8/h7-8,13H,3-6H2,1-2H3. The van der Waals surface area contributed by atoms with Gasteiger partial charge in [0, 0.05) is 19.0 Å². The number of nitrogens with one attached hydrogen (secondary N) is 1. The molecular formula is C12H17N5OS. The van der Waals surface area contributed by atoms with E-state index in [2.05, 4.69) is 38.9 Å². The molecule has 1 aliphatic rings. The minimum Gasteiger partial charge on any atom is -0.420 e. The van der Waals surface area contributed by atoms with Crippen LogP contribution < -0.4 is 5.32 Å². The number of aromatic nitrogens is 4. The van der Waals surface area contributed by atoms with E-state index >= 15 is 0 Å². The molecule has 0 spiro atoms. The van der Waals surface area contributed by atoms with Gasteiger partial charge >= 0.3 is 0 Å². The largest absolute Gasteiger partial charge is 0.420 e. The van der Waals surface area contributed by atoms with Crippen molar-refractivity contribution in [2.24, 2.45) is 0 Å². The molecule has 0 aromatic carbocycles. The zero-order valence-electron chi connectivity index (χ0n) is 11.1. The van der Waals surface area contributed by atoms with Crippen LogP contribution in [0.4, 0.5) is 0 Å². The first kappa shape index (κ1) is 12.7. The van der Waals surface area contributed by atoms with E-state index in [4.69, 9.17) is 4.42 Å². The summed E-state index contributed by atoms with van der Waals surface area (Å²) in [7, 11) is 0. The fourth-order valence-electron chi connectivity index (χ4n) is 1.84. The Hall–Kier alpha value is -1.34. The number of hydrogen-bond acceptors (Lipinski definition) is 7. The molecule has 0 saturated heterocycles. The van der Waals surface area contributed by atoms with Gasteiger partial charge in [-0.3, -0.25) is 0 Å². The quantitative estimate of drug-likeness (QED) is 0.871. The number of nitrogens with zero attached hydrogens (tertiary/aromatic N) is 4. The van der Waals surface area contributed by atoms with Crippen LogP contribution in [0.2, 0.25) is 0 Å². The van der Waals surface area contributed by atoms with Gasteiger partial charge in [-0.05, 0) is 30.3 Å². The lowest BCUT2D eigenvalue weighted by atomic mass is 10.1. The fraction of sp³-hybridized carbons (Fsp3) is 0.667. The van der Waals surface area contributed by atoms with Gasteiger partial charge in [0.25, 0.3) is 5.89 Å². The number of hydrogen-bond donors (Lipinski definition) is 1. The van der Waals surface area contributed by atoms with Crippen LogP contribution in [0.15, 0.2) is 4.42 Å². The third-order valence-corrected chi connectivity index (χ3v) is 3.80. The molecule has 0 radical (unpaired) electrons. The minimum atomic E-state index is 0.306. The highest BCUT2D eigenvalue weighted by Gasteiger charge is 2.21. The lowest BCUT2D eigenvalue weighted by molar-refractivity contribution is 0.494. The molecule has 2 heterocycles. The molecule has 19 heavy (non-hydrogen) atoms. The SMILES string of the molecule is CC(C)c1nnsc1-c1nnc(CCNC2CC2)o1. The van der Waals surface area contributed by atoms with Crippen LogP contribution in [-0.4, -0.2) is 32.4 Å². The Bertz CT molecular complexity index is 546. The van der Waals surface area contributed by atoms with Crippen molar-refractivity contribution in [3.63, 3.8) is 0 Å². The van der Waals surface area contributed by atoms with E-state index in [1.54, 1.807) is 0 Å². The molecule has 7 heteroatoms. The first-order valence-electron chi connectivity index (χ1n) is 6.62. The maximum Gasteiger partial charge on any atom is 0.261 e. The molecule has 2 aromatic heterocycles. The van der Waals surface area contributed by atoms with Gasteiger partial charge in [0.1, 0.15) is 4.88 Å². The Morgan fingerprint density at radius 3 is 2.89 bits per heavy atom. The molecule has 1 N–H and O–H groups in total. The van der Waals surface area contributed by atoms with Crippen LogP contribution in [0, 0.1) is 0 Å². The maximum atomic E-state index is 5.69. The van der Waals surface area contributed by atoms with Crippen molar-refractivity contribution in [1.29, 1.82) is 0 Å². The Morgan fingerprint density at radius 1 is 1.32 bits per heavy atom. The molecule has 3 rings (SSSR count). The highest BCUT2D eigenvalue weighted by molar-refractivity contribution is 7.09. The van der Waals surface area contributed by atoms with Crippen molar-refractivity contribution in [3.8, 4) is 10.8 Å². The normalized spacial score (nSPS) is 15.3. The van der Waals surface area contributed by atoms with Gasteiger partial charge in [-0.15, -0.1) is 15.3 Å². The minimum absolute atomic E-state index is 0.306. The van der Waals surface area contributed by atoms with Crippen molar-refractivity contribution >= 4 is 11.5 Å². The predicted molar refractivity (Wildman–Crippen MR) is 72.0 cm³/mol. The summed E-state index contributed by atoms with van der Waals surface area (Å²) >= 11 is 1.31. The highest BCUT2D eigenvalue weighted by Crippen LogP contribution is 2.29. The molecule has 0 amide bonds. The zero-order valence-corrected chi connectivity index (χ0v) is 11.9. The second kappa shape index (κ2) is 5.34. The third kappa shape index (κ3) is 2.98. The molecule has 0 aliphatic heterocycles. The smallest absolute Gasteiger partial charge is 0.261 e. The molecule has 2 aromatic rings. The Kier molecular flexibility index (Phi) is 3.56. The lowest BCUT2D eigenvalue weighted by Gasteiger charge is -1.99. The summed E-state index contributed by atoms with van der Waals surface area (Å²) in [4.78, 5) is 0.893. The van der Waals surface area contributed by atoms with Crippen LogP contribution in [0.1, 0.15) is 44.2 Å². The van der Waals surface area contributed by atoms with Gasteiger partial charge in [0.2, 0.25) is 5.89 Å². The fourth-order valence-corrected chi connectivity index (χ4v) is 2.58. The van der Waals surface area contributed by atoms with Gasteiger partial charge in [0.05, 0.1) is 5.69 Å². The van der Waals surface area contributed by atoms with Gasteiger partial charge < -0.3 is 9.73 Å². The molecular weight excluding hydrogens is 262 g/mol.